The van der Waals surface area contributed by atoms with E-state index in [4.69, 9.17) is 21.6 Å². The van der Waals surface area contributed by atoms with Crippen LogP contribution in [0.25, 0.3) is 0 Å². The van der Waals surface area contributed by atoms with Gasteiger partial charge in [0.1, 0.15) is 23.1 Å². The van der Waals surface area contributed by atoms with Gasteiger partial charge in [-0.25, -0.2) is 0 Å². The van der Waals surface area contributed by atoms with Crippen LogP contribution in [-0.2, 0) is 0 Å². The molecule has 0 N–H and O–H groups in total. The Morgan fingerprint density at radius 1 is 1.30 bits per heavy atom. The van der Waals surface area contributed by atoms with Crippen LogP contribution in [0, 0.1) is 28.4 Å². The maximum Gasteiger partial charge on any atom is 0.290 e. The Morgan fingerprint density at radius 3 is 2.70 bits per heavy atom. The summed E-state index contributed by atoms with van der Waals surface area (Å²) in [6.07, 6.45) is 0. The van der Waals surface area contributed by atoms with Gasteiger partial charge in [0.2, 0.25) is 0 Å². The third-order valence-corrected chi connectivity index (χ3v) is 2.90. The SMILES string of the molecule is Cc1ccc(Cl)cc1Oc1ccc(C#N)c([N+](=O)[O-])c1. The van der Waals surface area contributed by atoms with Crippen molar-refractivity contribution in [2.75, 3.05) is 0 Å². The monoisotopic (exact) mass is 288 g/mol. The van der Waals surface area contributed by atoms with Crippen LogP contribution in [0.15, 0.2) is 36.4 Å². The molecule has 0 heterocycles. The Labute approximate surface area is 120 Å². The lowest BCUT2D eigenvalue weighted by Gasteiger charge is -2.09. The fourth-order valence-electron chi connectivity index (χ4n) is 1.63. The highest BCUT2D eigenvalue weighted by Gasteiger charge is 2.15. The van der Waals surface area contributed by atoms with Gasteiger partial charge in [-0.1, -0.05) is 17.7 Å². The van der Waals surface area contributed by atoms with Crippen LogP contribution in [-0.4, -0.2) is 4.92 Å². The Hall–Kier alpha value is -2.58. The first-order valence-electron chi connectivity index (χ1n) is 5.64. The van der Waals surface area contributed by atoms with Crippen LogP contribution in [0.4, 0.5) is 5.69 Å². The summed E-state index contributed by atoms with van der Waals surface area (Å²) in [5.74, 6) is 0.789. The van der Waals surface area contributed by atoms with Gasteiger partial charge < -0.3 is 4.74 Å². The summed E-state index contributed by atoms with van der Waals surface area (Å²) in [6.45, 7) is 1.84. The zero-order chi connectivity index (χ0) is 14.7. The Kier molecular flexibility index (Phi) is 3.87. The molecule has 0 aromatic heterocycles. The summed E-state index contributed by atoms with van der Waals surface area (Å²) >= 11 is 5.88. The number of rotatable bonds is 3. The number of hydrogen-bond donors (Lipinski definition) is 0. The molecule has 0 saturated heterocycles. The molecule has 0 aliphatic carbocycles. The predicted octanol–water partition coefficient (Wildman–Crippen LogP) is 4.22. The molecule has 0 fully saturated rings. The van der Waals surface area contributed by atoms with Crippen LogP contribution < -0.4 is 4.74 Å². The number of nitriles is 1. The quantitative estimate of drug-likeness (QED) is 0.626. The Balaban J connectivity index is 2.40. The third kappa shape index (κ3) is 2.87. The van der Waals surface area contributed by atoms with Gasteiger partial charge in [0.15, 0.2) is 0 Å². The molecule has 0 aliphatic heterocycles. The molecule has 0 saturated carbocycles. The smallest absolute Gasteiger partial charge is 0.290 e. The summed E-state index contributed by atoms with van der Waals surface area (Å²) in [6, 6.07) is 11.0. The lowest BCUT2D eigenvalue weighted by atomic mass is 10.2. The van der Waals surface area contributed by atoms with E-state index in [1.807, 2.05) is 6.92 Å². The highest BCUT2D eigenvalue weighted by Crippen LogP contribution is 2.31. The summed E-state index contributed by atoms with van der Waals surface area (Å²) in [4.78, 5) is 10.3. The number of nitro benzene ring substituents is 1. The minimum atomic E-state index is -0.615. The standard InChI is InChI=1S/C14H9ClN2O3/c1-9-2-4-11(15)6-14(9)20-12-5-3-10(8-16)13(7-12)17(18)19/h2-7H,1H3. The first-order valence-corrected chi connectivity index (χ1v) is 6.01. The lowest BCUT2D eigenvalue weighted by molar-refractivity contribution is -0.385. The molecule has 100 valence electrons. The number of aryl methyl sites for hydroxylation is 1. The molecule has 0 bridgehead atoms. The van der Waals surface area contributed by atoms with Crippen molar-refractivity contribution < 1.29 is 9.66 Å². The highest BCUT2D eigenvalue weighted by molar-refractivity contribution is 6.30. The molecule has 6 heteroatoms. The molecule has 2 aromatic carbocycles. The predicted molar refractivity (Wildman–Crippen MR) is 74.1 cm³/mol. The van der Waals surface area contributed by atoms with E-state index in [-0.39, 0.29) is 17.0 Å². The van der Waals surface area contributed by atoms with Gasteiger partial charge in [0.25, 0.3) is 5.69 Å². The second kappa shape index (κ2) is 5.59. The van der Waals surface area contributed by atoms with Gasteiger partial charge in [0.05, 0.1) is 11.0 Å². The van der Waals surface area contributed by atoms with Crippen LogP contribution >= 0.6 is 11.6 Å². The molecule has 0 spiro atoms. The normalized spacial score (nSPS) is 9.85. The molecule has 0 radical (unpaired) electrons. The average molecular weight is 289 g/mol. The molecule has 0 amide bonds. The van der Waals surface area contributed by atoms with E-state index in [2.05, 4.69) is 0 Å². The number of nitrogens with zero attached hydrogens (tertiary/aromatic N) is 2. The van der Waals surface area contributed by atoms with Crippen molar-refractivity contribution in [2.45, 2.75) is 6.92 Å². The van der Waals surface area contributed by atoms with Crippen molar-refractivity contribution in [3.05, 3.63) is 62.7 Å². The van der Waals surface area contributed by atoms with Gasteiger partial charge in [-0.2, -0.15) is 5.26 Å². The lowest BCUT2D eigenvalue weighted by Crippen LogP contribution is -1.94. The fourth-order valence-corrected chi connectivity index (χ4v) is 1.79. The van der Waals surface area contributed by atoms with E-state index < -0.39 is 4.92 Å². The molecule has 5 nitrogen and oxygen atoms in total. The van der Waals surface area contributed by atoms with Gasteiger partial charge in [0, 0.05) is 5.02 Å². The van der Waals surface area contributed by atoms with Crippen LogP contribution in [0.2, 0.25) is 5.02 Å². The summed E-state index contributed by atoms with van der Waals surface area (Å²) in [7, 11) is 0. The zero-order valence-corrected chi connectivity index (χ0v) is 11.2. The van der Waals surface area contributed by atoms with E-state index in [0.29, 0.717) is 10.8 Å². The van der Waals surface area contributed by atoms with E-state index in [1.165, 1.54) is 18.2 Å². The molecule has 0 aliphatic rings. The van der Waals surface area contributed by atoms with Gasteiger partial charge in [-0.3, -0.25) is 10.1 Å². The second-order valence-corrected chi connectivity index (χ2v) is 4.50. The molecule has 2 rings (SSSR count). The minimum Gasteiger partial charge on any atom is -0.457 e. The second-order valence-electron chi connectivity index (χ2n) is 4.06. The van der Waals surface area contributed by atoms with Gasteiger partial charge in [-0.15, -0.1) is 0 Å². The molecular weight excluding hydrogens is 280 g/mol. The number of nitro groups is 1. The summed E-state index contributed by atoms with van der Waals surface area (Å²) in [5, 5.41) is 20.2. The molecule has 20 heavy (non-hydrogen) atoms. The van der Waals surface area contributed by atoms with Crippen molar-refractivity contribution in [3.8, 4) is 17.6 Å². The van der Waals surface area contributed by atoms with E-state index >= 15 is 0 Å². The topological polar surface area (TPSA) is 76.2 Å². The average Bonchev–Trinajstić information content (AvgIpc) is 2.42. The highest BCUT2D eigenvalue weighted by atomic mass is 35.5. The minimum absolute atomic E-state index is 0.00911. The largest absolute Gasteiger partial charge is 0.457 e. The van der Waals surface area contributed by atoms with Crippen molar-refractivity contribution in [2.24, 2.45) is 0 Å². The summed E-state index contributed by atoms with van der Waals surface area (Å²) in [5.41, 5.74) is 0.552. The Morgan fingerprint density at radius 2 is 2.05 bits per heavy atom. The van der Waals surface area contributed by atoms with Crippen molar-refractivity contribution >= 4 is 17.3 Å². The van der Waals surface area contributed by atoms with Crippen LogP contribution in [0.5, 0.6) is 11.5 Å². The number of benzene rings is 2. The number of ether oxygens (including phenoxy) is 1. The van der Waals surface area contributed by atoms with Crippen molar-refractivity contribution in [1.82, 2.24) is 0 Å². The molecule has 2 aromatic rings. The van der Waals surface area contributed by atoms with E-state index in [9.17, 15) is 10.1 Å². The maximum atomic E-state index is 10.9. The van der Waals surface area contributed by atoms with Crippen molar-refractivity contribution in [3.63, 3.8) is 0 Å². The van der Waals surface area contributed by atoms with Crippen LogP contribution in [0.1, 0.15) is 11.1 Å². The fraction of sp³-hybridized carbons (Fsp3) is 0.0714. The number of halogens is 1. The first kappa shape index (κ1) is 13.8. The van der Waals surface area contributed by atoms with Crippen LogP contribution in [0.3, 0.4) is 0 Å². The van der Waals surface area contributed by atoms with E-state index in [0.717, 1.165) is 5.56 Å². The Bertz CT molecular complexity index is 723. The van der Waals surface area contributed by atoms with E-state index in [1.54, 1.807) is 24.3 Å². The number of hydrogen-bond acceptors (Lipinski definition) is 4. The molecule has 0 atom stereocenters. The maximum absolute atomic E-state index is 10.9. The molecular formula is C14H9ClN2O3. The first-order chi connectivity index (χ1) is 9.51. The third-order valence-electron chi connectivity index (χ3n) is 2.66. The van der Waals surface area contributed by atoms with Gasteiger partial charge >= 0.3 is 0 Å². The molecule has 0 unspecified atom stereocenters. The van der Waals surface area contributed by atoms with Crippen molar-refractivity contribution in [1.29, 1.82) is 5.26 Å². The van der Waals surface area contributed by atoms with Gasteiger partial charge in [-0.05, 0) is 36.8 Å². The summed E-state index contributed by atoms with van der Waals surface area (Å²) < 4.78 is 5.58. The zero-order valence-electron chi connectivity index (χ0n) is 10.5.